The van der Waals surface area contributed by atoms with E-state index in [1.807, 2.05) is 6.92 Å². The summed E-state index contributed by atoms with van der Waals surface area (Å²) in [4.78, 5) is 1.56. The Morgan fingerprint density at radius 3 is 2.26 bits per heavy atom. The third kappa shape index (κ3) is 2.74. The van der Waals surface area contributed by atoms with Crippen LogP contribution in [0.2, 0.25) is 0 Å². The maximum Gasteiger partial charge on any atom is 0.147 e. The van der Waals surface area contributed by atoms with Crippen molar-refractivity contribution in [2.45, 2.75) is 13.5 Å². The fourth-order valence-electron chi connectivity index (χ4n) is 2.01. The molecule has 0 spiro atoms. The minimum atomic E-state index is -0.475. The molecule has 0 atom stereocenters. The Hall–Kier alpha value is -1.94. The molecule has 0 bridgehead atoms. The second-order valence-electron chi connectivity index (χ2n) is 4.14. The van der Waals surface area contributed by atoms with Gasteiger partial charge in [-0.05, 0) is 36.8 Å². The molecule has 19 heavy (non-hydrogen) atoms. The first-order valence-corrected chi connectivity index (χ1v) is 6.08. The van der Waals surface area contributed by atoms with E-state index in [1.165, 1.54) is 12.1 Å². The van der Waals surface area contributed by atoms with Crippen LogP contribution in [0, 0.1) is 11.6 Å². The molecule has 0 fully saturated rings. The van der Waals surface area contributed by atoms with Crippen LogP contribution >= 0.6 is 0 Å². The number of anilines is 2. The van der Waals surface area contributed by atoms with E-state index in [2.05, 4.69) is 0 Å². The van der Waals surface area contributed by atoms with Crippen molar-refractivity contribution in [1.29, 1.82) is 0 Å². The molecule has 0 heterocycles. The largest absolute Gasteiger partial charge is 0.392 e. The summed E-state index contributed by atoms with van der Waals surface area (Å²) in [6.07, 6.45) is 0. The second-order valence-corrected chi connectivity index (χ2v) is 4.14. The highest BCUT2D eigenvalue weighted by atomic mass is 19.1. The first-order valence-electron chi connectivity index (χ1n) is 6.08. The van der Waals surface area contributed by atoms with Gasteiger partial charge in [-0.3, -0.25) is 0 Å². The van der Waals surface area contributed by atoms with Gasteiger partial charge in [-0.15, -0.1) is 0 Å². The summed E-state index contributed by atoms with van der Waals surface area (Å²) in [7, 11) is 0. The highest BCUT2D eigenvalue weighted by molar-refractivity contribution is 5.64. The molecule has 2 rings (SSSR count). The van der Waals surface area contributed by atoms with E-state index in [0.29, 0.717) is 23.5 Å². The van der Waals surface area contributed by atoms with Gasteiger partial charge in [-0.2, -0.15) is 0 Å². The molecule has 0 aromatic heterocycles. The molecule has 0 amide bonds. The number of benzene rings is 2. The number of halogens is 2. The van der Waals surface area contributed by atoms with Crippen molar-refractivity contribution >= 4 is 11.4 Å². The summed E-state index contributed by atoms with van der Waals surface area (Å²) in [5.74, 6) is -0.869. The van der Waals surface area contributed by atoms with Crippen LogP contribution in [0.15, 0.2) is 42.5 Å². The summed E-state index contributed by atoms with van der Waals surface area (Å²) in [5, 5.41) is 8.97. The van der Waals surface area contributed by atoms with Crippen LogP contribution in [0.1, 0.15) is 12.5 Å². The SMILES string of the molecule is CCN(c1ccccc1F)c1ccc(CO)cc1F. The maximum atomic E-state index is 14.0. The average molecular weight is 263 g/mol. The molecule has 0 aliphatic rings. The van der Waals surface area contributed by atoms with E-state index in [9.17, 15) is 8.78 Å². The molecule has 1 N–H and O–H groups in total. The highest BCUT2D eigenvalue weighted by Crippen LogP contribution is 2.30. The predicted molar refractivity (Wildman–Crippen MR) is 71.4 cm³/mol. The normalized spacial score (nSPS) is 10.5. The number of aliphatic hydroxyl groups excluding tert-OH is 1. The third-order valence-corrected chi connectivity index (χ3v) is 2.94. The smallest absolute Gasteiger partial charge is 0.147 e. The molecule has 2 aromatic rings. The van der Waals surface area contributed by atoms with E-state index < -0.39 is 11.6 Å². The molecule has 100 valence electrons. The van der Waals surface area contributed by atoms with Gasteiger partial charge in [0, 0.05) is 6.54 Å². The van der Waals surface area contributed by atoms with Gasteiger partial charge in [-0.1, -0.05) is 18.2 Å². The van der Waals surface area contributed by atoms with Crippen LogP contribution in [-0.2, 0) is 6.61 Å². The van der Waals surface area contributed by atoms with Gasteiger partial charge in [-0.25, -0.2) is 8.78 Å². The lowest BCUT2D eigenvalue weighted by molar-refractivity contribution is 0.281. The molecular weight excluding hydrogens is 248 g/mol. The minimum Gasteiger partial charge on any atom is -0.392 e. The monoisotopic (exact) mass is 263 g/mol. The Morgan fingerprint density at radius 2 is 1.68 bits per heavy atom. The lowest BCUT2D eigenvalue weighted by atomic mass is 10.1. The van der Waals surface area contributed by atoms with Crippen LogP contribution < -0.4 is 4.90 Å². The van der Waals surface area contributed by atoms with Crippen LogP contribution in [-0.4, -0.2) is 11.7 Å². The molecule has 0 saturated carbocycles. The maximum absolute atomic E-state index is 14.0. The Morgan fingerprint density at radius 1 is 1.00 bits per heavy atom. The van der Waals surface area contributed by atoms with Crippen LogP contribution in [0.3, 0.4) is 0 Å². The Bertz CT molecular complexity index is 572. The van der Waals surface area contributed by atoms with Gasteiger partial charge in [0.05, 0.1) is 18.0 Å². The second kappa shape index (κ2) is 5.80. The van der Waals surface area contributed by atoms with Gasteiger partial charge in [0.1, 0.15) is 11.6 Å². The topological polar surface area (TPSA) is 23.5 Å². The summed E-state index contributed by atoms with van der Waals surface area (Å²) in [5.41, 5.74) is 1.12. The van der Waals surface area contributed by atoms with E-state index >= 15 is 0 Å². The summed E-state index contributed by atoms with van der Waals surface area (Å²) in [6, 6.07) is 10.7. The molecule has 0 radical (unpaired) electrons. The molecule has 2 nitrogen and oxygen atoms in total. The van der Waals surface area contributed by atoms with E-state index in [4.69, 9.17) is 5.11 Å². The number of rotatable bonds is 4. The van der Waals surface area contributed by atoms with Crippen molar-refractivity contribution in [1.82, 2.24) is 0 Å². The van der Waals surface area contributed by atoms with Crippen LogP contribution in [0.25, 0.3) is 0 Å². The van der Waals surface area contributed by atoms with Crippen molar-refractivity contribution in [3.63, 3.8) is 0 Å². The minimum absolute atomic E-state index is 0.219. The van der Waals surface area contributed by atoms with Crippen molar-refractivity contribution in [3.05, 3.63) is 59.7 Å². The first kappa shape index (κ1) is 13.5. The number of nitrogens with zero attached hydrogens (tertiary/aromatic N) is 1. The molecule has 4 heteroatoms. The van der Waals surface area contributed by atoms with Crippen LogP contribution in [0.4, 0.5) is 20.2 Å². The van der Waals surface area contributed by atoms with Gasteiger partial charge >= 0.3 is 0 Å². The number of hydrogen-bond donors (Lipinski definition) is 1. The standard InChI is InChI=1S/C15H15F2NO/c1-2-18(14-6-4-3-5-12(14)16)15-8-7-11(10-19)9-13(15)17/h3-9,19H,2,10H2,1H3. The van der Waals surface area contributed by atoms with Crippen molar-refractivity contribution < 1.29 is 13.9 Å². The Kier molecular flexibility index (Phi) is 4.12. The van der Waals surface area contributed by atoms with Gasteiger partial charge in [0.2, 0.25) is 0 Å². The van der Waals surface area contributed by atoms with Gasteiger partial charge < -0.3 is 10.0 Å². The highest BCUT2D eigenvalue weighted by Gasteiger charge is 2.15. The molecule has 0 saturated heterocycles. The van der Waals surface area contributed by atoms with Crippen molar-refractivity contribution in [3.8, 4) is 0 Å². The third-order valence-electron chi connectivity index (χ3n) is 2.94. The quantitative estimate of drug-likeness (QED) is 0.910. The predicted octanol–water partition coefficient (Wildman–Crippen LogP) is 3.62. The average Bonchev–Trinajstić information content (AvgIpc) is 2.43. The fourth-order valence-corrected chi connectivity index (χ4v) is 2.01. The number of hydrogen-bond acceptors (Lipinski definition) is 2. The summed E-state index contributed by atoms with van der Waals surface area (Å²) < 4.78 is 27.8. The molecule has 0 aliphatic heterocycles. The van der Waals surface area contributed by atoms with Gasteiger partial charge in [0.15, 0.2) is 0 Å². The van der Waals surface area contributed by atoms with Crippen molar-refractivity contribution in [2.24, 2.45) is 0 Å². The molecule has 0 unspecified atom stereocenters. The van der Waals surface area contributed by atoms with Crippen LogP contribution in [0.5, 0.6) is 0 Å². The fraction of sp³-hybridized carbons (Fsp3) is 0.200. The molecule has 2 aromatic carbocycles. The number of para-hydroxylation sites is 1. The van der Waals surface area contributed by atoms with E-state index in [1.54, 1.807) is 35.2 Å². The summed E-state index contributed by atoms with van der Waals surface area (Å²) in [6.45, 7) is 2.05. The van der Waals surface area contributed by atoms with Gasteiger partial charge in [0.25, 0.3) is 0 Å². The first-order chi connectivity index (χ1) is 9.17. The lowest BCUT2D eigenvalue weighted by Crippen LogP contribution is -2.18. The number of aliphatic hydroxyl groups is 1. The zero-order valence-electron chi connectivity index (χ0n) is 10.6. The Balaban J connectivity index is 2.46. The summed E-state index contributed by atoms with van der Waals surface area (Å²) >= 11 is 0. The molecule has 0 aliphatic carbocycles. The van der Waals surface area contributed by atoms with E-state index in [0.717, 1.165) is 0 Å². The van der Waals surface area contributed by atoms with E-state index in [-0.39, 0.29) is 6.61 Å². The Labute approximate surface area is 110 Å². The zero-order valence-corrected chi connectivity index (χ0v) is 10.6. The lowest BCUT2D eigenvalue weighted by Gasteiger charge is -2.24. The molecular formula is C15H15F2NO. The zero-order chi connectivity index (χ0) is 13.8. The van der Waals surface area contributed by atoms with Crippen molar-refractivity contribution in [2.75, 3.05) is 11.4 Å².